The number of hydrogen-bond acceptors (Lipinski definition) is 6. The molecule has 2 aromatic carbocycles. The normalized spacial score (nSPS) is 16.1. The third kappa shape index (κ3) is 4.75. The van der Waals surface area contributed by atoms with Gasteiger partial charge < -0.3 is 18.9 Å². The molecule has 164 valence electrons. The molecule has 0 spiro atoms. The highest BCUT2D eigenvalue weighted by atomic mass is 16.5. The van der Waals surface area contributed by atoms with Gasteiger partial charge in [0.25, 0.3) is 0 Å². The molecule has 1 unspecified atom stereocenters. The van der Waals surface area contributed by atoms with Crippen molar-refractivity contribution in [2.75, 3.05) is 34.5 Å². The fraction of sp³-hybridized carbons (Fsp3) is 0.400. The van der Waals surface area contributed by atoms with Gasteiger partial charge in [-0.2, -0.15) is 0 Å². The SMILES string of the molecule is COc1ccc(CN(Cc2cccc3cccnc23)CC2CCCO2)c(OC)c1OC. The molecule has 0 aliphatic carbocycles. The smallest absolute Gasteiger partial charge is 0.203 e. The van der Waals surface area contributed by atoms with Gasteiger partial charge in [0.05, 0.1) is 33.0 Å². The number of ether oxygens (including phenoxy) is 4. The Hall–Kier alpha value is -2.83. The van der Waals surface area contributed by atoms with Crippen molar-refractivity contribution in [1.82, 2.24) is 9.88 Å². The van der Waals surface area contributed by atoms with Crippen LogP contribution >= 0.6 is 0 Å². The number of para-hydroxylation sites is 1. The monoisotopic (exact) mass is 422 g/mol. The van der Waals surface area contributed by atoms with Crippen LogP contribution in [0.2, 0.25) is 0 Å². The topological polar surface area (TPSA) is 53.1 Å². The number of hydrogen-bond donors (Lipinski definition) is 0. The van der Waals surface area contributed by atoms with E-state index in [4.69, 9.17) is 18.9 Å². The Morgan fingerprint density at radius 2 is 1.74 bits per heavy atom. The van der Waals surface area contributed by atoms with Gasteiger partial charge in [-0.15, -0.1) is 0 Å². The Bertz CT molecular complexity index is 1010. The molecule has 0 amide bonds. The van der Waals surface area contributed by atoms with Crippen molar-refractivity contribution in [3.8, 4) is 17.2 Å². The van der Waals surface area contributed by atoms with Gasteiger partial charge in [-0.1, -0.05) is 30.3 Å². The molecule has 2 heterocycles. The highest BCUT2D eigenvalue weighted by molar-refractivity contribution is 5.81. The van der Waals surface area contributed by atoms with Gasteiger partial charge in [-0.05, 0) is 30.5 Å². The van der Waals surface area contributed by atoms with Gasteiger partial charge in [0.1, 0.15) is 0 Å². The molecule has 6 heteroatoms. The number of nitrogens with zero attached hydrogens (tertiary/aromatic N) is 2. The highest BCUT2D eigenvalue weighted by Crippen LogP contribution is 2.40. The van der Waals surface area contributed by atoms with Crippen molar-refractivity contribution in [2.45, 2.75) is 32.0 Å². The van der Waals surface area contributed by atoms with Crippen molar-refractivity contribution < 1.29 is 18.9 Å². The third-order valence-corrected chi connectivity index (χ3v) is 5.78. The average molecular weight is 423 g/mol. The third-order valence-electron chi connectivity index (χ3n) is 5.78. The summed E-state index contributed by atoms with van der Waals surface area (Å²) in [4.78, 5) is 7.04. The van der Waals surface area contributed by atoms with Crippen molar-refractivity contribution in [3.63, 3.8) is 0 Å². The maximum Gasteiger partial charge on any atom is 0.203 e. The molecular formula is C25H30N2O4. The number of aromatic nitrogens is 1. The van der Waals surface area contributed by atoms with E-state index in [1.165, 1.54) is 5.56 Å². The fourth-order valence-electron chi connectivity index (χ4n) is 4.33. The van der Waals surface area contributed by atoms with Crippen LogP contribution in [0.1, 0.15) is 24.0 Å². The summed E-state index contributed by atoms with van der Waals surface area (Å²) in [6.07, 6.45) is 4.31. The van der Waals surface area contributed by atoms with Crippen molar-refractivity contribution in [1.29, 1.82) is 0 Å². The Labute approximate surface area is 183 Å². The summed E-state index contributed by atoms with van der Waals surface area (Å²) in [5.74, 6) is 1.98. The minimum absolute atomic E-state index is 0.245. The Kier molecular flexibility index (Phi) is 6.89. The Balaban J connectivity index is 1.65. The van der Waals surface area contributed by atoms with Crippen LogP contribution in [-0.4, -0.2) is 50.5 Å². The van der Waals surface area contributed by atoms with Crippen LogP contribution in [0.25, 0.3) is 10.9 Å². The van der Waals surface area contributed by atoms with Crippen LogP contribution in [0.3, 0.4) is 0 Å². The zero-order valence-corrected chi connectivity index (χ0v) is 18.5. The molecule has 1 aliphatic rings. The van der Waals surface area contributed by atoms with E-state index in [2.05, 4.69) is 34.1 Å². The van der Waals surface area contributed by atoms with Crippen LogP contribution < -0.4 is 14.2 Å². The average Bonchev–Trinajstić information content (AvgIpc) is 3.32. The van der Waals surface area contributed by atoms with Gasteiger partial charge in [0.2, 0.25) is 5.75 Å². The first-order valence-corrected chi connectivity index (χ1v) is 10.7. The molecule has 1 fully saturated rings. The lowest BCUT2D eigenvalue weighted by Crippen LogP contribution is -2.31. The first-order chi connectivity index (χ1) is 15.2. The molecular weight excluding hydrogens is 392 g/mol. The van der Waals surface area contributed by atoms with Gasteiger partial charge in [0, 0.05) is 43.4 Å². The molecule has 6 nitrogen and oxygen atoms in total. The van der Waals surface area contributed by atoms with Crippen LogP contribution in [0.15, 0.2) is 48.7 Å². The Morgan fingerprint density at radius 3 is 2.48 bits per heavy atom. The first kappa shape index (κ1) is 21.4. The molecule has 1 atom stereocenters. The van der Waals surface area contributed by atoms with Gasteiger partial charge >= 0.3 is 0 Å². The van der Waals surface area contributed by atoms with Crippen LogP contribution in [0.5, 0.6) is 17.2 Å². The van der Waals surface area contributed by atoms with Crippen molar-refractivity contribution in [3.05, 3.63) is 59.8 Å². The summed E-state index contributed by atoms with van der Waals surface area (Å²) in [6.45, 7) is 3.16. The zero-order valence-electron chi connectivity index (χ0n) is 18.5. The minimum atomic E-state index is 0.245. The number of benzene rings is 2. The second-order valence-electron chi connectivity index (χ2n) is 7.79. The van der Waals surface area contributed by atoms with E-state index in [1.54, 1.807) is 21.3 Å². The van der Waals surface area contributed by atoms with Crippen LogP contribution in [0, 0.1) is 0 Å². The summed E-state index contributed by atoms with van der Waals surface area (Å²) >= 11 is 0. The summed E-state index contributed by atoms with van der Waals surface area (Å²) in [5, 5.41) is 1.15. The first-order valence-electron chi connectivity index (χ1n) is 10.7. The predicted molar refractivity (Wildman–Crippen MR) is 121 cm³/mol. The summed E-state index contributed by atoms with van der Waals surface area (Å²) in [5.41, 5.74) is 3.29. The maximum absolute atomic E-state index is 5.95. The van der Waals surface area contributed by atoms with E-state index in [9.17, 15) is 0 Å². The van der Waals surface area contributed by atoms with E-state index in [0.29, 0.717) is 23.8 Å². The molecule has 4 rings (SSSR count). The summed E-state index contributed by atoms with van der Waals surface area (Å²) in [7, 11) is 4.93. The molecule has 1 aliphatic heterocycles. The second-order valence-corrected chi connectivity index (χ2v) is 7.79. The molecule has 0 N–H and O–H groups in total. The number of fused-ring (bicyclic) bond motifs is 1. The fourth-order valence-corrected chi connectivity index (χ4v) is 4.33. The summed E-state index contributed by atoms with van der Waals surface area (Å²) < 4.78 is 22.7. The van der Waals surface area contributed by atoms with E-state index in [-0.39, 0.29) is 6.10 Å². The van der Waals surface area contributed by atoms with E-state index in [1.807, 2.05) is 24.4 Å². The maximum atomic E-state index is 5.95. The zero-order chi connectivity index (χ0) is 21.6. The molecule has 0 bridgehead atoms. The lowest BCUT2D eigenvalue weighted by atomic mass is 10.1. The van der Waals surface area contributed by atoms with Crippen molar-refractivity contribution in [2.24, 2.45) is 0 Å². The lowest BCUT2D eigenvalue weighted by molar-refractivity contribution is 0.0677. The van der Waals surface area contributed by atoms with Crippen LogP contribution in [0.4, 0.5) is 0 Å². The molecule has 1 aromatic heterocycles. The van der Waals surface area contributed by atoms with E-state index < -0.39 is 0 Å². The minimum Gasteiger partial charge on any atom is -0.493 e. The van der Waals surface area contributed by atoms with Gasteiger partial charge in [-0.3, -0.25) is 9.88 Å². The molecule has 0 radical (unpaired) electrons. The highest BCUT2D eigenvalue weighted by Gasteiger charge is 2.23. The number of methoxy groups -OCH3 is 3. The summed E-state index contributed by atoms with van der Waals surface area (Å²) in [6, 6.07) is 14.4. The van der Waals surface area contributed by atoms with Gasteiger partial charge in [-0.25, -0.2) is 0 Å². The molecule has 0 saturated carbocycles. The number of pyridine rings is 1. The molecule has 3 aromatic rings. The Morgan fingerprint density at radius 1 is 0.935 bits per heavy atom. The predicted octanol–water partition coefficient (Wildman–Crippen LogP) is 4.44. The van der Waals surface area contributed by atoms with E-state index in [0.717, 1.165) is 49.0 Å². The van der Waals surface area contributed by atoms with Gasteiger partial charge in [0.15, 0.2) is 11.5 Å². The van der Waals surface area contributed by atoms with Crippen LogP contribution in [-0.2, 0) is 17.8 Å². The largest absolute Gasteiger partial charge is 0.493 e. The quantitative estimate of drug-likeness (QED) is 0.508. The second kappa shape index (κ2) is 9.98. The number of rotatable bonds is 9. The van der Waals surface area contributed by atoms with Crippen molar-refractivity contribution >= 4 is 10.9 Å². The lowest BCUT2D eigenvalue weighted by Gasteiger charge is -2.27. The standard InChI is InChI=1S/C25H30N2O4/c1-28-22-12-11-20(24(29-2)25(22)30-3)16-27(17-21-10-6-14-31-21)15-19-8-4-7-18-9-5-13-26-23(18)19/h4-5,7-9,11-13,21H,6,10,14-17H2,1-3H3. The molecule has 1 saturated heterocycles. The molecule has 31 heavy (non-hydrogen) atoms. The van der Waals surface area contributed by atoms with E-state index >= 15 is 0 Å².